The predicted molar refractivity (Wildman–Crippen MR) is 315 cm³/mol. The van der Waals surface area contributed by atoms with Crippen molar-refractivity contribution in [1.82, 2.24) is 0 Å². The number of carboxylic acid groups (broad SMARTS) is 1. The third-order valence-corrected chi connectivity index (χ3v) is 11.3. The number of allylic oxidation sites excluding steroid dienone is 26. The fraction of sp³-hybridized carbons (Fsp3) is 0.561. The molecule has 420 valence electrons. The zero-order chi connectivity index (χ0) is 54.8. The van der Waals surface area contributed by atoms with E-state index in [1.807, 2.05) is 21.1 Å². The van der Waals surface area contributed by atoms with Crippen LogP contribution in [0.1, 0.15) is 181 Å². The number of aliphatic carboxylic acids is 1. The van der Waals surface area contributed by atoms with Crippen molar-refractivity contribution >= 4 is 17.9 Å². The molecule has 2 unspecified atom stereocenters. The van der Waals surface area contributed by atoms with Crippen molar-refractivity contribution in [3.8, 4) is 0 Å². The zero-order valence-electron chi connectivity index (χ0n) is 47.6. The highest BCUT2D eigenvalue weighted by Crippen LogP contribution is 2.13. The Labute approximate surface area is 457 Å². The second kappa shape index (κ2) is 55.2. The van der Waals surface area contributed by atoms with E-state index in [1.54, 1.807) is 0 Å². The monoisotopic (exact) mass is 1040 g/mol. The summed E-state index contributed by atoms with van der Waals surface area (Å²) in [5, 5.41) is 11.8. The Morgan fingerprint density at radius 3 is 1.11 bits per heavy atom. The number of carbonyl (C=O) groups is 3. The number of ether oxygens (including phenoxy) is 4. The summed E-state index contributed by atoms with van der Waals surface area (Å²) in [7, 11) is 5.88. The molecular formula is C66H103NO8. The van der Waals surface area contributed by atoms with Crippen LogP contribution >= 0.6 is 0 Å². The number of likely N-dealkylation sites (N-methyl/N-ethyl adjacent to an activating group) is 1. The molecule has 0 heterocycles. The van der Waals surface area contributed by atoms with E-state index in [-0.39, 0.29) is 32.7 Å². The van der Waals surface area contributed by atoms with E-state index < -0.39 is 30.3 Å². The number of carbonyl (C=O) groups excluding carboxylic acids is 3. The lowest BCUT2D eigenvalue weighted by Gasteiger charge is -2.26. The van der Waals surface area contributed by atoms with Crippen molar-refractivity contribution in [1.29, 1.82) is 0 Å². The van der Waals surface area contributed by atoms with Crippen molar-refractivity contribution in [3.05, 3.63) is 158 Å². The third-order valence-electron chi connectivity index (χ3n) is 11.3. The first-order valence-electron chi connectivity index (χ1n) is 28.6. The van der Waals surface area contributed by atoms with E-state index in [0.29, 0.717) is 23.9 Å². The van der Waals surface area contributed by atoms with E-state index in [0.717, 1.165) is 116 Å². The Bertz CT molecular complexity index is 1780. The highest BCUT2D eigenvalue weighted by molar-refractivity contribution is 5.70. The van der Waals surface area contributed by atoms with Crippen molar-refractivity contribution in [2.45, 2.75) is 193 Å². The maximum atomic E-state index is 12.9. The lowest BCUT2D eigenvalue weighted by atomic mass is 10.1. The smallest absolute Gasteiger partial charge is 0.306 e. The van der Waals surface area contributed by atoms with E-state index in [4.69, 9.17) is 18.9 Å². The van der Waals surface area contributed by atoms with Crippen LogP contribution in [0.15, 0.2) is 158 Å². The Kier molecular flexibility index (Phi) is 51.4. The lowest BCUT2D eigenvalue weighted by Crippen LogP contribution is -2.44. The summed E-state index contributed by atoms with van der Waals surface area (Å²) in [5.74, 6) is -2.40. The molecule has 0 saturated heterocycles. The minimum absolute atomic E-state index is 0.128. The van der Waals surface area contributed by atoms with Crippen molar-refractivity contribution in [2.75, 3.05) is 47.5 Å². The molecular weight excluding hydrogens is 935 g/mol. The molecule has 0 bridgehead atoms. The van der Waals surface area contributed by atoms with Crippen LogP contribution in [0.25, 0.3) is 0 Å². The third kappa shape index (κ3) is 56.5. The van der Waals surface area contributed by atoms with Gasteiger partial charge in [-0.05, 0) is 116 Å². The summed E-state index contributed by atoms with van der Waals surface area (Å²) in [4.78, 5) is 37.2. The molecule has 0 aliphatic carbocycles. The largest absolute Gasteiger partial charge is 0.545 e. The molecule has 0 radical (unpaired) electrons. The normalized spacial score (nSPS) is 14.0. The summed E-state index contributed by atoms with van der Waals surface area (Å²) < 4.78 is 22.6. The first kappa shape index (κ1) is 69.9. The number of carboxylic acids is 1. The number of unbranched alkanes of at least 4 members (excludes halogenated alkanes) is 9. The topological polar surface area (TPSA) is 111 Å². The van der Waals surface area contributed by atoms with Gasteiger partial charge in [0.15, 0.2) is 12.4 Å². The molecule has 0 spiro atoms. The molecule has 0 aliphatic rings. The molecule has 9 heteroatoms. The van der Waals surface area contributed by atoms with Gasteiger partial charge < -0.3 is 33.3 Å². The average Bonchev–Trinajstić information content (AvgIpc) is 3.38. The van der Waals surface area contributed by atoms with Crippen LogP contribution in [0.5, 0.6) is 0 Å². The second-order valence-corrected chi connectivity index (χ2v) is 19.5. The van der Waals surface area contributed by atoms with Crippen LogP contribution in [0.2, 0.25) is 0 Å². The Hall–Kier alpha value is -5.09. The van der Waals surface area contributed by atoms with Crippen molar-refractivity contribution < 1.29 is 42.9 Å². The first-order valence-corrected chi connectivity index (χ1v) is 28.6. The van der Waals surface area contributed by atoms with Gasteiger partial charge in [-0.25, -0.2) is 0 Å². The van der Waals surface area contributed by atoms with Gasteiger partial charge in [0.05, 0.1) is 40.3 Å². The van der Waals surface area contributed by atoms with E-state index in [1.165, 1.54) is 25.7 Å². The Balaban J connectivity index is 4.34. The van der Waals surface area contributed by atoms with E-state index >= 15 is 0 Å². The summed E-state index contributed by atoms with van der Waals surface area (Å²) in [6.45, 7) is 4.41. The highest BCUT2D eigenvalue weighted by atomic mass is 16.7. The maximum absolute atomic E-state index is 12.9. The number of hydrogen-bond donors (Lipinski definition) is 0. The number of rotatable bonds is 50. The quantitative estimate of drug-likeness (QED) is 0.0195. The molecule has 75 heavy (non-hydrogen) atoms. The van der Waals surface area contributed by atoms with Crippen LogP contribution in [0, 0.1) is 0 Å². The molecule has 0 N–H and O–H groups in total. The number of esters is 2. The standard InChI is InChI=1S/C66H103NO8/c1-6-8-10-12-14-16-18-20-22-24-25-26-27-28-29-30-31-32-33-34-35-36-37-38-39-41-43-45-47-49-51-53-55-57-64(69)75-62(61-74-66(65(70)71)72-59-58-67(3,4)5)60-73-63(68)56-54-52-50-48-46-44-42-40-23-21-19-17-15-13-11-9-7-2/h8-11,14-17,20-23,25-26,28-29,31-32,34-35,37-38,42,44,48,50,62,66H,6-7,12-13,18-19,24,27,30,33,36,39-41,43,45-47,49,51-61H2,1-5H3/b10-8-,11-9-,16-14-,17-15-,22-20-,23-21-,26-25-,29-28-,32-31-,35-34-,38-37-,44-42-,50-48-. The van der Waals surface area contributed by atoms with Gasteiger partial charge in [0, 0.05) is 12.8 Å². The van der Waals surface area contributed by atoms with Crippen LogP contribution in [0.3, 0.4) is 0 Å². The molecule has 0 aliphatic heterocycles. The molecule has 2 atom stereocenters. The van der Waals surface area contributed by atoms with Crippen molar-refractivity contribution in [2.24, 2.45) is 0 Å². The van der Waals surface area contributed by atoms with Crippen LogP contribution in [0.4, 0.5) is 0 Å². The number of hydrogen-bond acceptors (Lipinski definition) is 8. The predicted octanol–water partition coefficient (Wildman–Crippen LogP) is 15.7. The lowest BCUT2D eigenvalue weighted by molar-refractivity contribution is -0.870. The van der Waals surface area contributed by atoms with Crippen molar-refractivity contribution in [3.63, 3.8) is 0 Å². The molecule has 0 aromatic heterocycles. The summed E-state index contributed by atoms with van der Waals surface area (Å²) >= 11 is 0. The molecule has 9 nitrogen and oxygen atoms in total. The van der Waals surface area contributed by atoms with Gasteiger partial charge in [-0.15, -0.1) is 0 Å². The minimum atomic E-state index is -1.65. The highest BCUT2D eigenvalue weighted by Gasteiger charge is 2.21. The molecule has 0 rings (SSSR count). The second-order valence-electron chi connectivity index (χ2n) is 19.5. The van der Waals surface area contributed by atoms with Gasteiger partial charge in [-0.2, -0.15) is 0 Å². The molecule has 0 saturated carbocycles. The molecule has 0 aromatic rings. The fourth-order valence-electron chi connectivity index (χ4n) is 6.94. The average molecular weight is 1040 g/mol. The van der Waals surface area contributed by atoms with E-state index in [2.05, 4.69) is 172 Å². The van der Waals surface area contributed by atoms with Gasteiger partial charge in [0.25, 0.3) is 0 Å². The molecule has 0 amide bonds. The van der Waals surface area contributed by atoms with Crippen LogP contribution < -0.4 is 5.11 Å². The van der Waals surface area contributed by atoms with Gasteiger partial charge >= 0.3 is 11.9 Å². The molecule has 0 fully saturated rings. The summed E-state index contributed by atoms with van der Waals surface area (Å²) in [5.41, 5.74) is 0. The molecule has 0 aromatic carbocycles. The van der Waals surface area contributed by atoms with Gasteiger partial charge in [0.1, 0.15) is 13.2 Å². The van der Waals surface area contributed by atoms with Crippen LogP contribution in [-0.2, 0) is 33.3 Å². The fourth-order valence-corrected chi connectivity index (χ4v) is 6.94. The van der Waals surface area contributed by atoms with Crippen LogP contribution in [-0.4, -0.2) is 82.3 Å². The number of quaternary nitrogens is 1. The first-order chi connectivity index (χ1) is 36.6. The van der Waals surface area contributed by atoms with Gasteiger partial charge in [0.2, 0.25) is 0 Å². The zero-order valence-corrected chi connectivity index (χ0v) is 47.6. The van der Waals surface area contributed by atoms with Gasteiger partial charge in [-0.3, -0.25) is 9.59 Å². The van der Waals surface area contributed by atoms with Gasteiger partial charge in [-0.1, -0.05) is 210 Å². The minimum Gasteiger partial charge on any atom is -0.545 e. The summed E-state index contributed by atoms with van der Waals surface area (Å²) in [6, 6.07) is 0. The van der Waals surface area contributed by atoms with E-state index in [9.17, 15) is 19.5 Å². The maximum Gasteiger partial charge on any atom is 0.306 e. The Morgan fingerprint density at radius 2 is 0.733 bits per heavy atom. The number of nitrogens with zero attached hydrogens (tertiary/aromatic N) is 1. The summed E-state index contributed by atoms with van der Waals surface area (Å²) in [6.07, 6.45) is 78.7. The Morgan fingerprint density at radius 1 is 0.400 bits per heavy atom. The SMILES string of the molecule is CC/C=C\C/C=C\C/C=C\C/C=C\C/C=C\C/C=C\C/C=C\C/C=C\CCCCCCCCCCC(=O)OC(COC(=O)CCC/C=C\C/C=C\C/C=C\C/C=C\C/C=C\CC)COC(OCC[N+](C)(C)C)C(=O)[O-].